The zero-order chi connectivity index (χ0) is 19.6. The predicted molar refractivity (Wildman–Crippen MR) is 94.0 cm³/mol. The number of carbonyl (C=O) groups excluding carboxylic acids is 2. The molecule has 1 aromatic heterocycles. The van der Waals surface area contributed by atoms with E-state index in [9.17, 15) is 24.8 Å². The van der Waals surface area contributed by atoms with E-state index in [0.29, 0.717) is 10.6 Å². The first-order valence-corrected chi connectivity index (χ1v) is 8.83. The topological polar surface area (TPSA) is 149 Å². The monoisotopic (exact) mass is 392 g/mol. The molecule has 0 aliphatic carbocycles. The second-order valence-electron chi connectivity index (χ2n) is 5.97. The maximum atomic E-state index is 12.4. The van der Waals surface area contributed by atoms with Crippen molar-refractivity contribution in [2.24, 2.45) is 5.73 Å². The van der Waals surface area contributed by atoms with E-state index in [4.69, 9.17) is 10.5 Å². The molecule has 1 aromatic carbocycles. The molecule has 142 valence electrons. The lowest BCUT2D eigenvalue weighted by molar-refractivity contribution is -0.384. The molecule has 2 amide bonds. The molecule has 10 nitrogen and oxygen atoms in total. The van der Waals surface area contributed by atoms with E-state index in [0.717, 1.165) is 0 Å². The van der Waals surface area contributed by atoms with Crippen LogP contribution >= 0.6 is 11.3 Å². The van der Waals surface area contributed by atoms with Gasteiger partial charge in [0.25, 0.3) is 11.6 Å². The smallest absolute Gasteiger partial charge is 0.410 e. The van der Waals surface area contributed by atoms with Gasteiger partial charge in [0.1, 0.15) is 17.3 Å². The third kappa shape index (κ3) is 4.20. The molecule has 0 saturated carbocycles. The molecule has 1 fully saturated rings. The summed E-state index contributed by atoms with van der Waals surface area (Å²) in [4.78, 5) is 39.2. The van der Waals surface area contributed by atoms with Gasteiger partial charge in [0.2, 0.25) is 0 Å². The number of ether oxygens (including phenoxy) is 1. The SMILES string of the molecule is NC(=O)c1csc([C@@H]2C[C@@H](O)CN2C(=O)OCc2ccc([N+](=O)[O-])cc2)n1. The van der Waals surface area contributed by atoms with Crippen molar-refractivity contribution in [1.82, 2.24) is 9.88 Å². The molecule has 2 aromatic rings. The van der Waals surface area contributed by atoms with Crippen molar-refractivity contribution in [2.45, 2.75) is 25.2 Å². The van der Waals surface area contributed by atoms with Gasteiger partial charge in [-0.2, -0.15) is 0 Å². The van der Waals surface area contributed by atoms with Crippen LogP contribution in [0.25, 0.3) is 0 Å². The lowest BCUT2D eigenvalue weighted by Gasteiger charge is -2.22. The first-order valence-electron chi connectivity index (χ1n) is 7.95. The van der Waals surface area contributed by atoms with Gasteiger partial charge in [-0.1, -0.05) is 0 Å². The number of nitro benzene ring substituents is 1. The van der Waals surface area contributed by atoms with Crippen molar-refractivity contribution in [1.29, 1.82) is 0 Å². The number of benzene rings is 1. The highest BCUT2D eigenvalue weighted by Crippen LogP contribution is 2.34. The van der Waals surface area contributed by atoms with Crippen LogP contribution in [0.15, 0.2) is 29.6 Å². The van der Waals surface area contributed by atoms with E-state index in [2.05, 4.69) is 4.98 Å². The Morgan fingerprint density at radius 2 is 2.11 bits per heavy atom. The molecule has 27 heavy (non-hydrogen) atoms. The van der Waals surface area contributed by atoms with Crippen LogP contribution in [0.2, 0.25) is 0 Å². The highest BCUT2D eigenvalue weighted by atomic mass is 32.1. The number of aliphatic hydroxyl groups is 1. The minimum absolute atomic E-state index is 0.0539. The lowest BCUT2D eigenvalue weighted by atomic mass is 10.2. The molecule has 0 radical (unpaired) electrons. The average Bonchev–Trinajstić information content (AvgIpc) is 3.26. The number of hydrogen-bond donors (Lipinski definition) is 2. The van der Waals surface area contributed by atoms with Gasteiger partial charge in [-0.05, 0) is 17.7 Å². The number of hydrogen-bond acceptors (Lipinski definition) is 8. The van der Waals surface area contributed by atoms with Crippen molar-refractivity contribution >= 4 is 29.0 Å². The molecule has 1 saturated heterocycles. The molecule has 1 aliphatic heterocycles. The summed E-state index contributed by atoms with van der Waals surface area (Å²) in [6.07, 6.45) is -1.10. The van der Waals surface area contributed by atoms with E-state index in [1.165, 1.54) is 45.9 Å². The van der Waals surface area contributed by atoms with Gasteiger partial charge in [-0.25, -0.2) is 9.78 Å². The van der Waals surface area contributed by atoms with E-state index < -0.39 is 29.1 Å². The number of carbonyl (C=O) groups is 2. The number of aliphatic hydroxyl groups excluding tert-OH is 1. The number of rotatable bonds is 5. The van der Waals surface area contributed by atoms with Gasteiger partial charge in [-0.15, -0.1) is 11.3 Å². The maximum absolute atomic E-state index is 12.4. The summed E-state index contributed by atoms with van der Waals surface area (Å²) < 4.78 is 5.26. The Labute approximate surface area is 157 Å². The molecule has 0 unspecified atom stereocenters. The quantitative estimate of drug-likeness (QED) is 0.579. The third-order valence-electron chi connectivity index (χ3n) is 4.08. The highest BCUT2D eigenvalue weighted by Gasteiger charge is 2.38. The standard InChI is InChI=1S/C16H16N4O6S/c17-14(22)12-8-27-15(18-12)13-5-11(21)6-19(13)16(23)26-7-9-1-3-10(4-2-9)20(24)25/h1-4,8,11,13,21H,5-7H2,(H2,17,22)/t11-,13+/m1/s1. The van der Waals surface area contributed by atoms with Gasteiger partial charge in [-0.3, -0.25) is 19.8 Å². The Morgan fingerprint density at radius 3 is 2.70 bits per heavy atom. The molecule has 3 N–H and O–H groups in total. The van der Waals surface area contributed by atoms with Gasteiger partial charge in [0.15, 0.2) is 0 Å². The van der Waals surface area contributed by atoms with Crippen LogP contribution in [0.5, 0.6) is 0 Å². The number of aromatic nitrogens is 1. The second-order valence-corrected chi connectivity index (χ2v) is 6.86. The highest BCUT2D eigenvalue weighted by molar-refractivity contribution is 7.09. The number of non-ortho nitro benzene ring substituents is 1. The summed E-state index contributed by atoms with van der Waals surface area (Å²) in [7, 11) is 0. The van der Waals surface area contributed by atoms with Gasteiger partial charge >= 0.3 is 6.09 Å². The first-order chi connectivity index (χ1) is 12.8. The van der Waals surface area contributed by atoms with Crippen molar-refractivity contribution in [3.63, 3.8) is 0 Å². The minimum atomic E-state index is -0.733. The van der Waals surface area contributed by atoms with Crippen LogP contribution in [-0.2, 0) is 11.3 Å². The number of nitrogens with two attached hydrogens (primary N) is 1. The number of nitro groups is 1. The minimum Gasteiger partial charge on any atom is -0.445 e. The summed E-state index contributed by atoms with van der Waals surface area (Å²) in [6, 6.07) is 5.14. The summed E-state index contributed by atoms with van der Waals surface area (Å²) in [5.74, 6) is -0.664. The number of amides is 2. The van der Waals surface area contributed by atoms with Crippen LogP contribution in [-0.4, -0.2) is 44.6 Å². The molecule has 0 bridgehead atoms. The molecule has 2 atom stereocenters. The van der Waals surface area contributed by atoms with Gasteiger partial charge in [0, 0.05) is 23.9 Å². The Bertz CT molecular complexity index is 868. The molecular formula is C16H16N4O6S. The number of thiazole rings is 1. The Kier molecular flexibility index (Phi) is 5.33. The van der Waals surface area contributed by atoms with Crippen molar-refractivity contribution in [3.05, 3.63) is 56.0 Å². The summed E-state index contributed by atoms with van der Waals surface area (Å²) in [6.45, 7) is 0.00972. The number of likely N-dealkylation sites (tertiary alicyclic amines) is 1. The molecule has 3 rings (SSSR count). The van der Waals surface area contributed by atoms with Crippen molar-refractivity contribution in [2.75, 3.05) is 6.54 Å². The molecule has 2 heterocycles. The fraction of sp³-hybridized carbons (Fsp3) is 0.312. The first kappa shape index (κ1) is 18.7. The van der Waals surface area contributed by atoms with E-state index in [-0.39, 0.29) is 31.0 Å². The van der Waals surface area contributed by atoms with Crippen LogP contribution in [0, 0.1) is 10.1 Å². The van der Waals surface area contributed by atoms with Crippen LogP contribution in [0.3, 0.4) is 0 Å². The van der Waals surface area contributed by atoms with Crippen molar-refractivity contribution in [3.8, 4) is 0 Å². The normalized spacial score (nSPS) is 19.1. The van der Waals surface area contributed by atoms with Gasteiger partial charge < -0.3 is 15.6 Å². The summed E-state index contributed by atoms with van der Waals surface area (Å²) in [5, 5.41) is 22.6. The molecule has 1 aliphatic rings. The average molecular weight is 392 g/mol. The largest absolute Gasteiger partial charge is 0.445 e. The fourth-order valence-electron chi connectivity index (χ4n) is 2.75. The third-order valence-corrected chi connectivity index (χ3v) is 5.03. The maximum Gasteiger partial charge on any atom is 0.410 e. The molecule has 0 spiro atoms. The number of primary amides is 1. The van der Waals surface area contributed by atoms with Crippen LogP contribution in [0.4, 0.5) is 10.5 Å². The predicted octanol–water partition coefficient (Wildman–Crippen LogP) is 1.59. The summed E-state index contributed by atoms with van der Waals surface area (Å²) in [5.41, 5.74) is 5.84. The van der Waals surface area contributed by atoms with E-state index >= 15 is 0 Å². The zero-order valence-corrected chi connectivity index (χ0v) is 14.8. The summed E-state index contributed by atoms with van der Waals surface area (Å²) >= 11 is 1.18. The fourth-order valence-corrected chi connectivity index (χ4v) is 3.68. The molecular weight excluding hydrogens is 376 g/mol. The Morgan fingerprint density at radius 1 is 1.41 bits per heavy atom. The number of β-amino-alcohol motifs (C(OH)–C–C–N with tert-alkyl or cyclic N) is 1. The lowest BCUT2D eigenvalue weighted by Crippen LogP contribution is -2.32. The van der Waals surface area contributed by atoms with Crippen molar-refractivity contribution < 1.29 is 24.4 Å². The van der Waals surface area contributed by atoms with Gasteiger partial charge in [0.05, 0.1) is 23.6 Å². The van der Waals surface area contributed by atoms with Crippen LogP contribution in [0.1, 0.15) is 33.5 Å². The number of nitrogens with zero attached hydrogens (tertiary/aromatic N) is 3. The van der Waals surface area contributed by atoms with E-state index in [1.807, 2.05) is 0 Å². The second kappa shape index (κ2) is 7.68. The Hall–Kier alpha value is -3.05. The molecule has 11 heteroatoms. The van der Waals surface area contributed by atoms with E-state index in [1.54, 1.807) is 0 Å². The Balaban J connectivity index is 1.66. The van der Waals surface area contributed by atoms with Crippen LogP contribution < -0.4 is 5.73 Å². The zero-order valence-electron chi connectivity index (χ0n) is 14.0.